The van der Waals surface area contributed by atoms with Gasteiger partial charge >= 0.3 is 5.69 Å². The number of hydrogen-bond donors (Lipinski definition) is 0. The molecule has 9 heteroatoms. The summed E-state index contributed by atoms with van der Waals surface area (Å²) in [5, 5.41) is 5.36. The molecule has 1 aromatic heterocycles. The molecule has 162 valence electrons. The van der Waals surface area contributed by atoms with Gasteiger partial charge in [0.05, 0.1) is 10.7 Å². The Kier molecular flexibility index (Phi) is 6.34. The van der Waals surface area contributed by atoms with Gasteiger partial charge in [0, 0.05) is 31.1 Å². The van der Waals surface area contributed by atoms with E-state index >= 15 is 0 Å². The molecule has 0 aliphatic carbocycles. The largest absolute Gasteiger partial charge is 0.482 e. The van der Waals surface area contributed by atoms with Crippen LogP contribution in [0.4, 0.5) is 0 Å². The van der Waals surface area contributed by atoms with E-state index < -0.39 is 0 Å². The van der Waals surface area contributed by atoms with Gasteiger partial charge in [-0.2, -0.15) is 5.10 Å². The Morgan fingerprint density at radius 2 is 1.84 bits per heavy atom. The van der Waals surface area contributed by atoms with Gasteiger partial charge in [-0.3, -0.25) is 4.79 Å². The lowest BCUT2D eigenvalue weighted by atomic mass is 9.95. The van der Waals surface area contributed by atoms with Crippen molar-refractivity contribution >= 4 is 29.1 Å². The fourth-order valence-electron chi connectivity index (χ4n) is 3.78. The van der Waals surface area contributed by atoms with E-state index in [0.29, 0.717) is 28.9 Å². The van der Waals surface area contributed by atoms with Crippen molar-refractivity contribution in [1.29, 1.82) is 0 Å². The van der Waals surface area contributed by atoms with Crippen molar-refractivity contribution in [3.63, 3.8) is 0 Å². The predicted octanol–water partition coefficient (Wildman–Crippen LogP) is 3.66. The number of likely N-dealkylation sites (tertiary alicyclic amines) is 1. The number of benzene rings is 2. The maximum Gasteiger partial charge on any atom is 0.350 e. The molecule has 0 saturated carbocycles. The Bertz CT molecular complexity index is 1140. The minimum Gasteiger partial charge on any atom is -0.482 e. The van der Waals surface area contributed by atoms with E-state index in [1.54, 1.807) is 34.7 Å². The number of halogens is 2. The average Bonchev–Trinajstić information content (AvgIpc) is 3.08. The number of hydrogen-bond acceptors (Lipinski definition) is 4. The zero-order chi connectivity index (χ0) is 22.0. The van der Waals surface area contributed by atoms with E-state index in [-0.39, 0.29) is 24.1 Å². The summed E-state index contributed by atoms with van der Waals surface area (Å²) in [5.41, 5.74) is 0.621. The zero-order valence-corrected chi connectivity index (χ0v) is 18.5. The first-order valence-electron chi connectivity index (χ1n) is 10.0. The lowest BCUT2D eigenvalue weighted by molar-refractivity contribution is -0.134. The molecule has 0 unspecified atom stereocenters. The van der Waals surface area contributed by atoms with Gasteiger partial charge in [-0.15, -0.1) is 0 Å². The van der Waals surface area contributed by atoms with Crippen LogP contribution in [0.15, 0.2) is 53.3 Å². The smallest absolute Gasteiger partial charge is 0.350 e. The van der Waals surface area contributed by atoms with Crippen molar-refractivity contribution in [3.8, 4) is 11.4 Å². The number of carbonyl (C=O) groups excluding carboxylic acids is 1. The van der Waals surface area contributed by atoms with Gasteiger partial charge in [-0.25, -0.2) is 14.0 Å². The Hall–Kier alpha value is -2.77. The highest BCUT2D eigenvalue weighted by Gasteiger charge is 2.29. The van der Waals surface area contributed by atoms with Gasteiger partial charge < -0.3 is 9.64 Å². The van der Waals surface area contributed by atoms with Crippen LogP contribution in [-0.2, 0) is 11.8 Å². The molecule has 1 amide bonds. The van der Waals surface area contributed by atoms with Crippen molar-refractivity contribution in [2.45, 2.75) is 18.8 Å². The topological polar surface area (TPSA) is 69.4 Å². The van der Waals surface area contributed by atoms with Crippen molar-refractivity contribution in [2.24, 2.45) is 7.05 Å². The number of para-hydroxylation sites is 1. The molecule has 1 aliphatic heterocycles. The van der Waals surface area contributed by atoms with Crippen LogP contribution in [0.2, 0.25) is 10.0 Å². The maximum atomic E-state index is 12.6. The Morgan fingerprint density at radius 3 is 2.52 bits per heavy atom. The highest BCUT2D eigenvalue weighted by molar-refractivity contribution is 6.35. The van der Waals surface area contributed by atoms with Gasteiger partial charge in [0.1, 0.15) is 11.6 Å². The Labute approximate surface area is 189 Å². The lowest BCUT2D eigenvalue weighted by Crippen LogP contribution is -2.41. The van der Waals surface area contributed by atoms with Crippen molar-refractivity contribution in [2.75, 3.05) is 19.7 Å². The molecule has 2 heterocycles. The van der Waals surface area contributed by atoms with E-state index in [1.165, 1.54) is 4.68 Å². The molecular formula is C22H22Cl2N4O3. The highest BCUT2D eigenvalue weighted by atomic mass is 35.5. The quantitative estimate of drug-likeness (QED) is 0.582. The maximum absolute atomic E-state index is 12.6. The van der Waals surface area contributed by atoms with Crippen LogP contribution in [0.1, 0.15) is 24.6 Å². The van der Waals surface area contributed by atoms with Crippen LogP contribution in [0.25, 0.3) is 5.69 Å². The first kappa shape index (κ1) is 21.5. The Balaban J connectivity index is 1.41. The second-order valence-electron chi connectivity index (χ2n) is 7.45. The number of piperidine rings is 1. The normalized spacial score (nSPS) is 14.6. The summed E-state index contributed by atoms with van der Waals surface area (Å²) in [6.45, 7) is 1.05. The standard InChI is InChI=1S/C22H22Cl2N4O3/c1-26-22(30)28(17-5-3-2-4-6-17)21(25-26)15-9-11-27(12-10-15)20(29)14-31-19-8-7-16(23)13-18(19)24/h2-8,13,15H,9-12,14H2,1H3. The van der Waals surface area contributed by atoms with Gasteiger partial charge in [0.25, 0.3) is 5.91 Å². The highest BCUT2D eigenvalue weighted by Crippen LogP contribution is 2.29. The summed E-state index contributed by atoms with van der Waals surface area (Å²) in [6.07, 6.45) is 1.44. The lowest BCUT2D eigenvalue weighted by Gasteiger charge is -2.31. The minimum absolute atomic E-state index is 0.0878. The molecule has 0 spiro atoms. The monoisotopic (exact) mass is 460 g/mol. The van der Waals surface area contributed by atoms with E-state index in [9.17, 15) is 9.59 Å². The molecule has 1 aliphatic rings. The third kappa shape index (κ3) is 4.62. The fraction of sp³-hybridized carbons (Fsp3) is 0.318. The molecule has 7 nitrogen and oxygen atoms in total. The third-order valence-electron chi connectivity index (χ3n) is 5.42. The van der Waals surface area contributed by atoms with Gasteiger partial charge in [-0.1, -0.05) is 41.4 Å². The summed E-state index contributed by atoms with van der Waals surface area (Å²) in [6, 6.07) is 14.4. The van der Waals surface area contributed by atoms with Gasteiger partial charge in [0.2, 0.25) is 0 Å². The molecule has 0 bridgehead atoms. The molecule has 3 aromatic rings. The fourth-order valence-corrected chi connectivity index (χ4v) is 4.24. The van der Waals surface area contributed by atoms with Crippen LogP contribution < -0.4 is 10.4 Å². The van der Waals surface area contributed by atoms with Crippen LogP contribution >= 0.6 is 23.2 Å². The first-order valence-corrected chi connectivity index (χ1v) is 10.8. The molecule has 0 atom stereocenters. The van der Waals surface area contributed by atoms with E-state index in [2.05, 4.69) is 5.10 Å². The van der Waals surface area contributed by atoms with Crippen LogP contribution in [0.5, 0.6) is 5.75 Å². The van der Waals surface area contributed by atoms with Crippen LogP contribution in [0.3, 0.4) is 0 Å². The SMILES string of the molecule is Cn1nc(C2CCN(C(=O)COc3ccc(Cl)cc3Cl)CC2)n(-c2ccccc2)c1=O. The van der Waals surface area contributed by atoms with E-state index in [1.807, 2.05) is 30.3 Å². The minimum atomic E-state index is -0.173. The first-order chi connectivity index (χ1) is 14.9. The summed E-state index contributed by atoms with van der Waals surface area (Å²) in [5.74, 6) is 1.14. The summed E-state index contributed by atoms with van der Waals surface area (Å²) < 4.78 is 8.60. The average molecular weight is 461 g/mol. The molecule has 4 rings (SSSR count). The van der Waals surface area contributed by atoms with Crippen LogP contribution in [0, 0.1) is 0 Å². The molecule has 1 fully saturated rings. The molecule has 1 saturated heterocycles. The van der Waals surface area contributed by atoms with Crippen molar-refractivity contribution in [3.05, 3.63) is 74.9 Å². The number of nitrogens with zero attached hydrogens (tertiary/aromatic N) is 4. The van der Waals surface area contributed by atoms with Gasteiger partial charge in [-0.05, 0) is 43.2 Å². The summed E-state index contributed by atoms with van der Waals surface area (Å²) in [4.78, 5) is 27.0. The molecule has 0 radical (unpaired) electrons. The second kappa shape index (κ2) is 9.16. The number of carbonyl (C=O) groups is 1. The Morgan fingerprint density at radius 1 is 1.13 bits per heavy atom. The third-order valence-corrected chi connectivity index (χ3v) is 5.95. The van der Waals surface area contributed by atoms with E-state index in [4.69, 9.17) is 27.9 Å². The number of amides is 1. The van der Waals surface area contributed by atoms with E-state index in [0.717, 1.165) is 24.4 Å². The summed E-state index contributed by atoms with van der Waals surface area (Å²) >= 11 is 12.0. The van der Waals surface area contributed by atoms with Crippen molar-refractivity contribution in [1.82, 2.24) is 19.2 Å². The predicted molar refractivity (Wildman–Crippen MR) is 119 cm³/mol. The second-order valence-corrected chi connectivity index (χ2v) is 8.30. The molecular weight excluding hydrogens is 439 g/mol. The molecule has 31 heavy (non-hydrogen) atoms. The number of rotatable bonds is 5. The summed E-state index contributed by atoms with van der Waals surface area (Å²) in [7, 11) is 1.66. The number of aryl methyl sites for hydroxylation is 1. The van der Waals surface area contributed by atoms with Crippen LogP contribution in [-0.4, -0.2) is 44.9 Å². The molecule has 2 aromatic carbocycles. The van der Waals surface area contributed by atoms with Crippen molar-refractivity contribution < 1.29 is 9.53 Å². The van der Waals surface area contributed by atoms with Gasteiger partial charge in [0.15, 0.2) is 6.61 Å². The zero-order valence-electron chi connectivity index (χ0n) is 17.0. The number of aromatic nitrogens is 3. The molecule has 0 N–H and O–H groups in total. The number of ether oxygens (including phenoxy) is 1.